The van der Waals surface area contributed by atoms with Crippen molar-refractivity contribution < 1.29 is 4.74 Å². The third-order valence-corrected chi connectivity index (χ3v) is 4.50. The Morgan fingerprint density at radius 2 is 2.05 bits per heavy atom. The van der Waals surface area contributed by atoms with Crippen molar-refractivity contribution in [2.75, 3.05) is 19.7 Å². The van der Waals surface area contributed by atoms with Gasteiger partial charge in [0.1, 0.15) is 5.82 Å². The SMILES string of the molecule is Cc1nccn1CCCN1CC(c2ccccc2)OCC1C. The molecule has 2 unspecified atom stereocenters. The quantitative estimate of drug-likeness (QED) is 0.850. The van der Waals surface area contributed by atoms with E-state index in [4.69, 9.17) is 4.74 Å². The molecule has 2 heterocycles. The summed E-state index contributed by atoms with van der Waals surface area (Å²) in [5.41, 5.74) is 1.28. The van der Waals surface area contributed by atoms with E-state index in [9.17, 15) is 0 Å². The molecule has 2 atom stereocenters. The highest BCUT2D eigenvalue weighted by Crippen LogP contribution is 2.24. The van der Waals surface area contributed by atoms with Gasteiger partial charge in [-0.15, -0.1) is 0 Å². The maximum absolute atomic E-state index is 6.02. The zero-order chi connectivity index (χ0) is 15.4. The van der Waals surface area contributed by atoms with Crippen molar-refractivity contribution >= 4 is 0 Å². The fraction of sp³-hybridized carbons (Fsp3) is 0.500. The molecule has 3 rings (SSSR count). The smallest absolute Gasteiger partial charge is 0.105 e. The molecule has 1 aromatic heterocycles. The summed E-state index contributed by atoms with van der Waals surface area (Å²) < 4.78 is 8.24. The van der Waals surface area contributed by atoms with Gasteiger partial charge >= 0.3 is 0 Å². The number of aryl methyl sites for hydroxylation is 2. The molecule has 22 heavy (non-hydrogen) atoms. The fourth-order valence-corrected chi connectivity index (χ4v) is 3.07. The predicted molar refractivity (Wildman–Crippen MR) is 87.8 cm³/mol. The van der Waals surface area contributed by atoms with E-state index >= 15 is 0 Å². The van der Waals surface area contributed by atoms with E-state index in [1.807, 2.05) is 6.20 Å². The molecule has 0 aliphatic carbocycles. The summed E-state index contributed by atoms with van der Waals surface area (Å²) in [7, 11) is 0. The summed E-state index contributed by atoms with van der Waals surface area (Å²) in [6, 6.07) is 11.0. The molecule has 0 amide bonds. The largest absolute Gasteiger partial charge is 0.371 e. The van der Waals surface area contributed by atoms with Crippen molar-refractivity contribution in [3.63, 3.8) is 0 Å². The van der Waals surface area contributed by atoms with Crippen LogP contribution >= 0.6 is 0 Å². The number of ether oxygens (including phenoxy) is 1. The van der Waals surface area contributed by atoms with E-state index in [0.29, 0.717) is 6.04 Å². The molecule has 1 saturated heterocycles. The van der Waals surface area contributed by atoms with Gasteiger partial charge in [0.15, 0.2) is 0 Å². The molecular formula is C18H25N3O. The summed E-state index contributed by atoms with van der Waals surface area (Å²) in [4.78, 5) is 6.83. The molecule has 1 aliphatic rings. The Bertz CT molecular complexity index is 581. The first-order chi connectivity index (χ1) is 10.7. The fourth-order valence-electron chi connectivity index (χ4n) is 3.07. The highest BCUT2D eigenvalue weighted by atomic mass is 16.5. The first-order valence-electron chi connectivity index (χ1n) is 8.12. The summed E-state index contributed by atoms with van der Waals surface area (Å²) >= 11 is 0. The number of hydrogen-bond donors (Lipinski definition) is 0. The number of aromatic nitrogens is 2. The van der Waals surface area contributed by atoms with Gasteiger partial charge in [-0.3, -0.25) is 4.90 Å². The van der Waals surface area contributed by atoms with E-state index in [2.05, 4.69) is 64.8 Å². The van der Waals surface area contributed by atoms with Crippen LogP contribution in [0.3, 0.4) is 0 Å². The normalized spacial score (nSPS) is 22.8. The van der Waals surface area contributed by atoms with Crippen molar-refractivity contribution in [2.45, 2.75) is 39.0 Å². The predicted octanol–water partition coefficient (Wildman–Crippen LogP) is 3.04. The summed E-state index contributed by atoms with van der Waals surface area (Å²) in [5.74, 6) is 1.09. The maximum atomic E-state index is 6.02. The minimum atomic E-state index is 0.201. The number of imidazole rings is 1. The molecule has 0 saturated carbocycles. The van der Waals surface area contributed by atoms with Gasteiger partial charge in [-0.1, -0.05) is 30.3 Å². The van der Waals surface area contributed by atoms with Crippen molar-refractivity contribution in [3.05, 3.63) is 54.1 Å². The Balaban J connectivity index is 1.54. The molecule has 0 radical (unpaired) electrons. The number of rotatable bonds is 5. The average Bonchev–Trinajstić information content (AvgIpc) is 2.95. The van der Waals surface area contributed by atoms with E-state index in [1.54, 1.807) is 0 Å². The number of hydrogen-bond acceptors (Lipinski definition) is 3. The topological polar surface area (TPSA) is 30.3 Å². The summed E-state index contributed by atoms with van der Waals surface area (Å²) in [6.45, 7) is 8.24. The number of benzene rings is 1. The minimum Gasteiger partial charge on any atom is -0.371 e. The van der Waals surface area contributed by atoms with Gasteiger partial charge in [-0.05, 0) is 25.8 Å². The van der Waals surface area contributed by atoms with Gasteiger partial charge in [0.05, 0.1) is 12.7 Å². The molecule has 0 spiro atoms. The minimum absolute atomic E-state index is 0.201. The first kappa shape index (κ1) is 15.3. The summed E-state index contributed by atoms with van der Waals surface area (Å²) in [6.07, 6.45) is 5.28. The Morgan fingerprint density at radius 1 is 1.23 bits per heavy atom. The lowest BCUT2D eigenvalue weighted by atomic mass is 10.1. The summed E-state index contributed by atoms with van der Waals surface area (Å²) in [5, 5.41) is 0. The maximum Gasteiger partial charge on any atom is 0.105 e. The van der Waals surface area contributed by atoms with Gasteiger partial charge in [0, 0.05) is 38.1 Å². The molecule has 4 nitrogen and oxygen atoms in total. The molecular weight excluding hydrogens is 274 g/mol. The van der Waals surface area contributed by atoms with E-state index in [1.165, 1.54) is 5.56 Å². The van der Waals surface area contributed by atoms with Crippen LogP contribution in [0.5, 0.6) is 0 Å². The zero-order valence-corrected chi connectivity index (χ0v) is 13.5. The Morgan fingerprint density at radius 3 is 2.77 bits per heavy atom. The molecule has 4 heteroatoms. The van der Waals surface area contributed by atoms with Gasteiger partial charge in [-0.2, -0.15) is 0 Å². The third-order valence-electron chi connectivity index (χ3n) is 4.50. The van der Waals surface area contributed by atoms with E-state index in [-0.39, 0.29) is 6.10 Å². The van der Waals surface area contributed by atoms with Gasteiger partial charge < -0.3 is 9.30 Å². The molecule has 1 aromatic carbocycles. The molecule has 2 aromatic rings. The molecule has 1 fully saturated rings. The molecule has 118 valence electrons. The van der Waals surface area contributed by atoms with Crippen LogP contribution < -0.4 is 0 Å². The van der Waals surface area contributed by atoms with E-state index < -0.39 is 0 Å². The van der Waals surface area contributed by atoms with E-state index in [0.717, 1.165) is 38.5 Å². The second-order valence-corrected chi connectivity index (χ2v) is 6.10. The third kappa shape index (κ3) is 3.57. The highest BCUT2D eigenvalue weighted by Gasteiger charge is 2.26. The molecule has 0 N–H and O–H groups in total. The standard InChI is InChI=1S/C18H25N3O/c1-15-14-22-18(17-7-4-3-5-8-17)13-21(15)11-6-10-20-12-9-19-16(20)2/h3-5,7-9,12,15,18H,6,10-11,13-14H2,1-2H3. The average molecular weight is 299 g/mol. The second-order valence-electron chi connectivity index (χ2n) is 6.10. The zero-order valence-electron chi connectivity index (χ0n) is 13.5. The van der Waals surface area contributed by atoms with Crippen LogP contribution in [0.4, 0.5) is 0 Å². The second kappa shape index (κ2) is 7.07. The van der Waals surface area contributed by atoms with Crippen molar-refractivity contribution in [1.29, 1.82) is 0 Å². The molecule has 0 bridgehead atoms. The van der Waals surface area contributed by atoms with Crippen LogP contribution in [-0.2, 0) is 11.3 Å². The van der Waals surface area contributed by atoms with Gasteiger partial charge in [0.2, 0.25) is 0 Å². The van der Waals surface area contributed by atoms with Crippen LogP contribution in [0.1, 0.15) is 30.8 Å². The monoisotopic (exact) mass is 299 g/mol. The van der Waals surface area contributed by atoms with Crippen molar-refractivity contribution in [2.24, 2.45) is 0 Å². The Kier molecular flexibility index (Phi) is 4.90. The Labute approximate surface area is 132 Å². The van der Waals surface area contributed by atoms with Gasteiger partial charge in [0.25, 0.3) is 0 Å². The van der Waals surface area contributed by atoms with Crippen LogP contribution in [0, 0.1) is 6.92 Å². The van der Waals surface area contributed by atoms with Crippen molar-refractivity contribution in [1.82, 2.24) is 14.5 Å². The lowest BCUT2D eigenvalue weighted by Crippen LogP contribution is -2.45. The lowest BCUT2D eigenvalue weighted by Gasteiger charge is -2.38. The van der Waals surface area contributed by atoms with Gasteiger partial charge in [-0.25, -0.2) is 4.98 Å². The first-order valence-corrected chi connectivity index (χ1v) is 8.12. The number of morpholine rings is 1. The Hall–Kier alpha value is -1.65. The van der Waals surface area contributed by atoms with Crippen LogP contribution in [-0.4, -0.2) is 40.2 Å². The van der Waals surface area contributed by atoms with Crippen molar-refractivity contribution in [3.8, 4) is 0 Å². The molecule has 1 aliphatic heterocycles. The lowest BCUT2D eigenvalue weighted by molar-refractivity contribution is -0.0604. The van der Waals surface area contributed by atoms with Crippen LogP contribution in [0.15, 0.2) is 42.7 Å². The van der Waals surface area contributed by atoms with Crippen LogP contribution in [0.2, 0.25) is 0 Å². The van der Waals surface area contributed by atoms with Crippen LogP contribution in [0.25, 0.3) is 0 Å². The number of nitrogens with zero attached hydrogens (tertiary/aromatic N) is 3. The highest BCUT2D eigenvalue weighted by molar-refractivity contribution is 5.18.